The number of carbonyl (C=O) groups excluding carboxylic acids is 2. The van der Waals surface area contributed by atoms with Gasteiger partial charge in [-0.15, -0.1) is 0 Å². The van der Waals surface area contributed by atoms with Gasteiger partial charge in [-0.25, -0.2) is 4.79 Å². The van der Waals surface area contributed by atoms with Crippen LogP contribution in [0, 0.1) is 10.1 Å². The minimum absolute atomic E-state index is 0.0261. The molecule has 0 saturated heterocycles. The van der Waals surface area contributed by atoms with Crippen molar-refractivity contribution in [3.8, 4) is 0 Å². The molecule has 2 rings (SSSR count). The highest BCUT2D eigenvalue weighted by atomic mass is 35.5. The molecule has 0 saturated carbocycles. The molecule has 2 aromatic rings. The molecule has 0 aliphatic heterocycles. The number of halogens is 1. The van der Waals surface area contributed by atoms with Crippen molar-refractivity contribution in [1.82, 2.24) is 0 Å². The van der Waals surface area contributed by atoms with Gasteiger partial charge in [0.1, 0.15) is 5.69 Å². The van der Waals surface area contributed by atoms with Gasteiger partial charge in [0.25, 0.3) is 11.6 Å². The number of carbonyl (C=O) groups is 2. The molecule has 9 heteroatoms. The molecule has 2 aromatic carbocycles. The zero-order chi connectivity index (χ0) is 19.3. The van der Waals surface area contributed by atoms with Crippen LogP contribution in [0.5, 0.6) is 0 Å². The number of nitrogens with zero attached hydrogens (tertiary/aromatic N) is 1. The predicted octanol–water partition coefficient (Wildman–Crippen LogP) is 3.47. The molecule has 0 aliphatic carbocycles. The Morgan fingerprint density at radius 3 is 2.42 bits per heavy atom. The molecule has 26 heavy (non-hydrogen) atoms. The minimum Gasteiger partial charge on any atom is -0.449 e. The molecule has 8 nitrogen and oxygen atoms in total. The van der Waals surface area contributed by atoms with E-state index in [1.807, 2.05) is 0 Å². The molecule has 1 atom stereocenters. The Labute approximate surface area is 154 Å². The Morgan fingerprint density at radius 2 is 1.85 bits per heavy atom. The van der Waals surface area contributed by atoms with Crippen LogP contribution in [0.15, 0.2) is 42.5 Å². The van der Waals surface area contributed by atoms with E-state index in [4.69, 9.17) is 16.3 Å². The van der Waals surface area contributed by atoms with Crippen LogP contribution in [0.1, 0.15) is 17.3 Å². The van der Waals surface area contributed by atoms with Crippen molar-refractivity contribution in [3.63, 3.8) is 0 Å². The van der Waals surface area contributed by atoms with Crippen LogP contribution in [0.25, 0.3) is 0 Å². The maximum Gasteiger partial charge on any atom is 0.339 e. The lowest BCUT2D eigenvalue weighted by molar-refractivity contribution is -0.384. The Bertz CT molecular complexity index is 839. The number of ether oxygens (including phenoxy) is 1. The molecule has 0 heterocycles. The van der Waals surface area contributed by atoms with Gasteiger partial charge in [0.2, 0.25) is 0 Å². The topological polar surface area (TPSA) is 111 Å². The summed E-state index contributed by atoms with van der Waals surface area (Å²) in [6, 6.07) is 10.3. The van der Waals surface area contributed by atoms with Gasteiger partial charge >= 0.3 is 5.97 Å². The molecular weight excluding hydrogens is 362 g/mol. The van der Waals surface area contributed by atoms with Crippen LogP contribution in [-0.4, -0.2) is 30.0 Å². The Balaban J connectivity index is 2.06. The fourth-order valence-electron chi connectivity index (χ4n) is 2.08. The normalized spacial score (nSPS) is 11.3. The second-order valence-electron chi connectivity index (χ2n) is 5.28. The summed E-state index contributed by atoms with van der Waals surface area (Å²) in [6.07, 6.45) is -1.10. The van der Waals surface area contributed by atoms with E-state index in [9.17, 15) is 19.7 Å². The second kappa shape index (κ2) is 8.30. The Morgan fingerprint density at radius 1 is 1.19 bits per heavy atom. The van der Waals surface area contributed by atoms with E-state index in [1.165, 1.54) is 26.1 Å². The lowest BCUT2D eigenvalue weighted by Gasteiger charge is -2.14. The standard InChI is InChI=1S/C17H16ClN3O5/c1-10(16(22)20-13-6-4-12(18)5-7-13)26-17(23)11-3-8-14(19-2)15(9-11)21(24)25/h3-10,19H,1-2H3,(H,20,22)/t10-/m1/s1. The fourth-order valence-corrected chi connectivity index (χ4v) is 2.21. The maximum atomic E-state index is 12.2. The first kappa shape index (κ1) is 19.2. The third-order valence-corrected chi connectivity index (χ3v) is 3.72. The zero-order valence-electron chi connectivity index (χ0n) is 14.0. The molecule has 0 bridgehead atoms. The highest BCUT2D eigenvalue weighted by Crippen LogP contribution is 2.25. The van der Waals surface area contributed by atoms with Gasteiger partial charge < -0.3 is 15.4 Å². The summed E-state index contributed by atoms with van der Waals surface area (Å²) in [7, 11) is 1.53. The van der Waals surface area contributed by atoms with Crippen molar-refractivity contribution in [1.29, 1.82) is 0 Å². The monoisotopic (exact) mass is 377 g/mol. The van der Waals surface area contributed by atoms with Gasteiger partial charge in [-0.1, -0.05) is 11.6 Å². The second-order valence-corrected chi connectivity index (χ2v) is 5.72. The molecular formula is C17H16ClN3O5. The van der Waals surface area contributed by atoms with Gasteiger partial charge in [0, 0.05) is 23.8 Å². The number of amides is 1. The van der Waals surface area contributed by atoms with E-state index in [-0.39, 0.29) is 16.9 Å². The van der Waals surface area contributed by atoms with E-state index in [0.717, 1.165) is 6.07 Å². The minimum atomic E-state index is -1.10. The summed E-state index contributed by atoms with van der Waals surface area (Å²) in [4.78, 5) is 34.7. The third kappa shape index (κ3) is 4.70. The van der Waals surface area contributed by atoms with Gasteiger partial charge in [0.15, 0.2) is 6.10 Å². The lowest BCUT2D eigenvalue weighted by atomic mass is 10.1. The average molecular weight is 378 g/mol. The fraction of sp³-hybridized carbons (Fsp3) is 0.176. The van der Waals surface area contributed by atoms with E-state index < -0.39 is 22.9 Å². The van der Waals surface area contributed by atoms with Crippen LogP contribution < -0.4 is 10.6 Å². The first-order chi connectivity index (χ1) is 12.3. The lowest BCUT2D eigenvalue weighted by Crippen LogP contribution is -2.30. The molecule has 1 amide bonds. The van der Waals surface area contributed by atoms with Crippen LogP contribution in [0.3, 0.4) is 0 Å². The van der Waals surface area contributed by atoms with Crippen LogP contribution in [-0.2, 0) is 9.53 Å². The number of rotatable bonds is 6. The number of nitrogens with one attached hydrogen (secondary N) is 2. The first-order valence-corrected chi connectivity index (χ1v) is 7.93. The highest BCUT2D eigenvalue weighted by molar-refractivity contribution is 6.30. The number of nitro benzene ring substituents is 1. The van der Waals surface area contributed by atoms with E-state index in [2.05, 4.69) is 10.6 Å². The predicted molar refractivity (Wildman–Crippen MR) is 97.6 cm³/mol. The first-order valence-electron chi connectivity index (χ1n) is 7.55. The molecule has 0 unspecified atom stereocenters. The number of hydrogen-bond donors (Lipinski definition) is 2. The number of hydrogen-bond acceptors (Lipinski definition) is 6. The summed E-state index contributed by atoms with van der Waals surface area (Å²) in [5.41, 5.74) is 0.471. The van der Waals surface area contributed by atoms with Crippen LogP contribution >= 0.6 is 11.6 Å². The quantitative estimate of drug-likeness (QED) is 0.453. The number of nitro groups is 1. The molecule has 0 aromatic heterocycles. The van der Waals surface area contributed by atoms with E-state index >= 15 is 0 Å². The summed E-state index contributed by atoms with van der Waals surface area (Å²) in [5.74, 6) is -1.38. The molecule has 136 valence electrons. The summed E-state index contributed by atoms with van der Waals surface area (Å²) in [5, 5.41) is 16.8. The molecule has 0 fully saturated rings. The van der Waals surface area contributed by atoms with Gasteiger partial charge in [-0.2, -0.15) is 0 Å². The number of anilines is 2. The van der Waals surface area contributed by atoms with Crippen molar-refractivity contribution < 1.29 is 19.2 Å². The van der Waals surface area contributed by atoms with Crippen LogP contribution in [0.2, 0.25) is 5.02 Å². The van der Waals surface area contributed by atoms with Crippen molar-refractivity contribution >= 4 is 40.5 Å². The van der Waals surface area contributed by atoms with E-state index in [0.29, 0.717) is 10.7 Å². The molecule has 0 aliphatic rings. The molecule has 0 spiro atoms. The molecule has 0 radical (unpaired) electrons. The highest BCUT2D eigenvalue weighted by Gasteiger charge is 2.22. The van der Waals surface area contributed by atoms with Crippen molar-refractivity contribution in [2.24, 2.45) is 0 Å². The van der Waals surface area contributed by atoms with E-state index in [1.54, 1.807) is 24.3 Å². The summed E-state index contributed by atoms with van der Waals surface area (Å²) in [6.45, 7) is 1.40. The Hall–Kier alpha value is -3.13. The maximum absolute atomic E-state index is 12.2. The average Bonchev–Trinajstić information content (AvgIpc) is 2.62. The summed E-state index contributed by atoms with van der Waals surface area (Å²) < 4.78 is 5.08. The Kier molecular flexibility index (Phi) is 6.13. The van der Waals surface area contributed by atoms with Crippen LogP contribution in [0.4, 0.5) is 17.1 Å². The number of benzene rings is 2. The smallest absolute Gasteiger partial charge is 0.339 e. The van der Waals surface area contributed by atoms with Gasteiger partial charge in [-0.3, -0.25) is 14.9 Å². The zero-order valence-corrected chi connectivity index (χ0v) is 14.7. The van der Waals surface area contributed by atoms with Crippen molar-refractivity contribution in [3.05, 3.63) is 63.2 Å². The number of esters is 1. The third-order valence-electron chi connectivity index (χ3n) is 3.46. The largest absolute Gasteiger partial charge is 0.449 e. The molecule has 2 N–H and O–H groups in total. The van der Waals surface area contributed by atoms with Crippen molar-refractivity contribution in [2.45, 2.75) is 13.0 Å². The summed E-state index contributed by atoms with van der Waals surface area (Å²) >= 11 is 5.77. The SMILES string of the molecule is CNc1ccc(C(=O)O[C@H](C)C(=O)Nc2ccc(Cl)cc2)cc1[N+](=O)[O-]. The van der Waals surface area contributed by atoms with Gasteiger partial charge in [-0.05, 0) is 43.3 Å². The van der Waals surface area contributed by atoms with Crippen molar-refractivity contribution in [2.75, 3.05) is 17.7 Å². The van der Waals surface area contributed by atoms with Gasteiger partial charge in [0.05, 0.1) is 10.5 Å².